The first-order valence-corrected chi connectivity index (χ1v) is 11.7. The van der Waals surface area contributed by atoms with Crippen LogP contribution in [0.2, 0.25) is 5.02 Å². The molecule has 36 heavy (non-hydrogen) atoms. The molecule has 0 unspecified atom stereocenters. The quantitative estimate of drug-likeness (QED) is 0.482. The molecule has 9 nitrogen and oxygen atoms in total. The van der Waals surface area contributed by atoms with Crippen molar-refractivity contribution < 1.29 is 23.7 Å². The Hall–Kier alpha value is -3.95. The normalized spacial score (nSPS) is 14.4. The summed E-state index contributed by atoms with van der Waals surface area (Å²) in [6.07, 6.45) is 0. The predicted octanol–water partition coefficient (Wildman–Crippen LogP) is 5.52. The molecule has 2 aliphatic rings. The maximum atomic E-state index is 12.8. The first kappa shape index (κ1) is 23.8. The Balaban J connectivity index is 1.44. The van der Waals surface area contributed by atoms with Crippen molar-refractivity contribution in [2.45, 2.75) is 0 Å². The fraction of sp³-hybridized carbons (Fsp3) is 0.231. The summed E-state index contributed by atoms with van der Waals surface area (Å²) < 4.78 is 22.3. The van der Waals surface area contributed by atoms with Crippen molar-refractivity contribution in [2.24, 2.45) is 4.99 Å². The van der Waals surface area contributed by atoms with Crippen LogP contribution in [0.3, 0.4) is 0 Å². The van der Waals surface area contributed by atoms with Gasteiger partial charge in [0.25, 0.3) is 0 Å². The molecule has 2 N–H and O–H groups in total. The number of rotatable bonds is 4. The molecule has 3 aromatic rings. The highest BCUT2D eigenvalue weighted by Gasteiger charge is 2.25. The number of halogens is 1. The zero-order valence-electron chi connectivity index (χ0n) is 19.8. The summed E-state index contributed by atoms with van der Waals surface area (Å²) in [4.78, 5) is 19.9. The number of nitrogens with zero attached hydrogens (tertiary/aromatic N) is 2. The molecule has 5 rings (SSSR count). The lowest BCUT2D eigenvalue weighted by atomic mass is 10.1. The van der Waals surface area contributed by atoms with Crippen molar-refractivity contribution in [1.29, 1.82) is 0 Å². The van der Waals surface area contributed by atoms with Gasteiger partial charge in [-0.1, -0.05) is 11.6 Å². The molecule has 2 amide bonds. The molecule has 0 aromatic heterocycles. The van der Waals surface area contributed by atoms with Gasteiger partial charge in [0.1, 0.15) is 28.8 Å². The van der Waals surface area contributed by atoms with Gasteiger partial charge in [-0.2, -0.15) is 0 Å². The van der Waals surface area contributed by atoms with E-state index in [1.54, 1.807) is 56.7 Å². The van der Waals surface area contributed by atoms with Gasteiger partial charge in [-0.05, 0) is 36.4 Å². The van der Waals surface area contributed by atoms with Gasteiger partial charge in [-0.25, -0.2) is 9.79 Å². The molecule has 3 aromatic carbocycles. The second-order valence-corrected chi connectivity index (χ2v) is 8.58. The lowest BCUT2D eigenvalue weighted by Crippen LogP contribution is -2.41. The third-order valence-electron chi connectivity index (χ3n) is 5.77. The fourth-order valence-corrected chi connectivity index (χ4v) is 4.18. The van der Waals surface area contributed by atoms with Gasteiger partial charge in [0.2, 0.25) is 0 Å². The van der Waals surface area contributed by atoms with Gasteiger partial charge < -0.3 is 34.5 Å². The zero-order chi connectivity index (χ0) is 25.1. The van der Waals surface area contributed by atoms with Gasteiger partial charge in [0.05, 0.1) is 33.0 Å². The minimum atomic E-state index is -0.417. The molecule has 0 saturated carbocycles. The third kappa shape index (κ3) is 5.17. The number of hydrogen-bond acceptors (Lipinski definition) is 7. The lowest BCUT2D eigenvalue weighted by molar-refractivity contribution is 0.0683. The predicted molar refractivity (Wildman–Crippen MR) is 139 cm³/mol. The molecule has 0 bridgehead atoms. The molecule has 1 fully saturated rings. The number of carbonyl (C=O) groups is 1. The Morgan fingerprint density at radius 2 is 1.61 bits per heavy atom. The summed E-state index contributed by atoms with van der Waals surface area (Å²) in [6, 6.07) is 15.5. The van der Waals surface area contributed by atoms with Crippen LogP contribution in [0, 0.1) is 0 Å². The van der Waals surface area contributed by atoms with Gasteiger partial charge in [0.15, 0.2) is 5.75 Å². The van der Waals surface area contributed by atoms with Gasteiger partial charge in [-0.3, -0.25) is 0 Å². The Morgan fingerprint density at radius 1 is 0.917 bits per heavy atom. The van der Waals surface area contributed by atoms with E-state index < -0.39 is 6.03 Å². The molecule has 0 radical (unpaired) electrons. The van der Waals surface area contributed by atoms with Crippen molar-refractivity contribution in [3.8, 4) is 23.0 Å². The molecule has 2 heterocycles. The Morgan fingerprint density at radius 3 is 2.33 bits per heavy atom. The van der Waals surface area contributed by atoms with Crippen molar-refractivity contribution in [3.05, 3.63) is 65.2 Å². The van der Waals surface area contributed by atoms with Crippen LogP contribution in [0.25, 0.3) is 0 Å². The zero-order valence-corrected chi connectivity index (χ0v) is 20.6. The molecular weight excluding hydrogens is 484 g/mol. The van der Waals surface area contributed by atoms with E-state index in [2.05, 4.69) is 15.5 Å². The number of anilines is 2. The number of urea groups is 1. The topological polar surface area (TPSA) is 93.7 Å². The number of methoxy groups -OCH3 is 2. The Labute approximate surface area is 213 Å². The Bertz CT molecular complexity index is 1300. The maximum Gasteiger partial charge on any atom is 0.323 e. The second kappa shape index (κ2) is 10.3. The highest BCUT2D eigenvalue weighted by molar-refractivity contribution is 6.31. The van der Waals surface area contributed by atoms with Crippen LogP contribution < -0.4 is 24.8 Å². The van der Waals surface area contributed by atoms with E-state index in [1.807, 2.05) is 12.1 Å². The van der Waals surface area contributed by atoms with Crippen LogP contribution in [0.15, 0.2) is 59.6 Å². The molecule has 0 atom stereocenters. The first-order valence-electron chi connectivity index (χ1n) is 11.4. The highest BCUT2D eigenvalue weighted by Crippen LogP contribution is 2.40. The fourth-order valence-electron chi connectivity index (χ4n) is 4.02. The third-order valence-corrected chi connectivity index (χ3v) is 6.00. The van der Waals surface area contributed by atoms with Crippen molar-refractivity contribution in [1.82, 2.24) is 4.90 Å². The second-order valence-electron chi connectivity index (χ2n) is 8.14. The summed E-state index contributed by atoms with van der Waals surface area (Å²) in [5.41, 5.74) is 2.50. The van der Waals surface area contributed by atoms with Crippen molar-refractivity contribution >= 4 is 40.5 Å². The number of morpholine rings is 1. The summed E-state index contributed by atoms with van der Waals surface area (Å²) in [6.45, 7) is 2.57. The van der Waals surface area contributed by atoms with Crippen LogP contribution >= 0.6 is 11.6 Å². The minimum absolute atomic E-state index is 0.417. The van der Waals surface area contributed by atoms with Crippen molar-refractivity contribution in [2.75, 3.05) is 51.2 Å². The number of carbonyl (C=O) groups excluding carboxylic acids is 1. The smallest absolute Gasteiger partial charge is 0.323 e. The number of hydrogen-bond donors (Lipinski definition) is 2. The van der Waals surface area contributed by atoms with Gasteiger partial charge >= 0.3 is 6.03 Å². The molecule has 1 saturated heterocycles. The summed E-state index contributed by atoms with van der Waals surface area (Å²) >= 11 is 6.23. The summed E-state index contributed by atoms with van der Waals surface area (Å²) in [5.74, 6) is 3.10. The molecular formula is C26H25ClN4O5. The molecule has 0 aliphatic carbocycles. The van der Waals surface area contributed by atoms with E-state index in [0.29, 0.717) is 71.4 Å². The maximum absolute atomic E-state index is 12.8. The highest BCUT2D eigenvalue weighted by atomic mass is 35.5. The van der Waals surface area contributed by atoms with Crippen LogP contribution in [-0.2, 0) is 4.74 Å². The average molecular weight is 509 g/mol. The van der Waals surface area contributed by atoms with Crippen LogP contribution in [-0.4, -0.2) is 57.3 Å². The number of benzene rings is 3. The van der Waals surface area contributed by atoms with Crippen LogP contribution in [0.5, 0.6) is 23.0 Å². The van der Waals surface area contributed by atoms with E-state index in [9.17, 15) is 4.79 Å². The van der Waals surface area contributed by atoms with E-state index in [4.69, 9.17) is 35.5 Å². The number of ether oxygens (including phenoxy) is 4. The van der Waals surface area contributed by atoms with Crippen LogP contribution in [0.4, 0.5) is 21.9 Å². The Kier molecular flexibility index (Phi) is 6.84. The lowest BCUT2D eigenvalue weighted by Gasteiger charge is -2.30. The standard InChI is InChI=1S/C26H25ClN4O5/c1-33-19-12-18(13-20(15-19)34-2)29-26(32)28-17-4-6-23-21(14-17)25(31-7-9-35-10-8-31)30-22-11-16(27)3-5-24(22)36-23/h3-6,11-15H,7-10H2,1-2H3,(H2,28,29,32). The summed E-state index contributed by atoms with van der Waals surface area (Å²) in [7, 11) is 3.10. The monoisotopic (exact) mass is 508 g/mol. The SMILES string of the molecule is COc1cc(NC(=O)Nc2ccc3c(c2)C(N2CCOCC2)=Nc2cc(Cl)ccc2O3)cc(OC)c1. The summed E-state index contributed by atoms with van der Waals surface area (Å²) in [5, 5.41) is 6.27. The van der Waals surface area contributed by atoms with Crippen molar-refractivity contribution in [3.63, 3.8) is 0 Å². The number of nitrogens with one attached hydrogen (secondary N) is 2. The number of fused-ring (bicyclic) bond motifs is 2. The van der Waals surface area contributed by atoms with E-state index >= 15 is 0 Å². The molecule has 2 aliphatic heterocycles. The van der Waals surface area contributed by atoms with E-state index in [-0.39, 0.29) is 0 Å². The number of amidine groups is 1. The van der Waals surface area contributed by atoms with E-state index in [0.717, 1.165) is 11.4 Å². The first-order chi connectivity index (χ1) is 17.5. The van der Waals surface area contributed by atoms with Gasteiger partial charge in [-0.15, -0.1) is 0 Å². The van der Waals surface area contributed by atoms with Crippen LogP contribution in [0.1, 0.15) is 5.56 Å². The van der Waals surface area contributed by atoms with E-state index in [1.165, 1.54) is 0 Å². The largest absolute Gasteiger partial charge is 0.497 e. The molecule has 0 spiro atoms. The number of amides is 2. The molecule has 186 valence electrons. The van der Waals surface area contributed by atoms with Gasteiger partial charge in [0, 0.05) is 47.7 Å². The minimum Gasteiger partial charge on any atom is -0.497 e. The molecule has 10 heteroatoms. The average Bonchev–Trinajstić information content (AvgIpc) is 3.05. The number of aliphatic imine (C=N–C) groups is 1.